The lowest BCUT2D eigenvalue weighted by atomic mass is 9.75. The van der Waals surface area contributed by atoms with E-state index in [1.165, 1.54) is 5.56 Å². The summed E-state index contributed by atoms with van der Waals surface area (Å²) in [4.78, 5) is 11.3. The molecule has 4 nitrogen and oxygen atoms in total. The zero-order chi connectivity index (χ0) is 23.4. The predicted molar refractivity (Wildman–Crippen MR) is 129 cm³/mol. The van der Waals surface area contributed by atoms with Gasteiger partial charge < -0.3 is 14.6 Å². The minimum Gasteiger partial charge on any atom is -0.493 e. The molecule has 5 heteroatoms. The van der Waals surface area contributed by atoms with Crippen LogP contribution in [0.4, 0.5) is 0 Å². The van der Waals surface area contributed by atoms with Crippen molar-refractivity contribution >= 4 is 17.6 Å². The summed E-state index contributed by atoms with van der Waals surface area (Å²) in [5.74, 6) is 0.560. The number of carbonyl (C=O) groups is 1. The number of carboxylic acid groups (broad SMARTS) is 1. The second-order valence-corrected chi connectivity index (χ2v) is 9.69. The van der Waals surface area contributed by atoms with Gasteiger partial charge in [-0.3, -0.25) is 4.79 Å². The predicted octanol–water partition coefficient (Wildman–Crippen LogP) is 6.83. The lowest BCUT2D eigenvalue weighted by molar-refractivity contribution is -0.136. The van der Waals surface area contributed by atoms with Crippen LogP contribution < -0.4 is 4.74 Å². The normalized spacial score (nSPS) is 23.2. The second-order valence-electron chi connectivity index (χ2n) is 9.26. The van der Waals surface area contributed by atoms with Gasteiger partial charge in [-0.15, -0.1) is 0 Å². The fourth-order valence-corrected chi connectivity index (χ4v) is 4.50. The van der Waals surface area contributed by atoms with Gasteiger partial charge in [0.15, 0.2) is 0 Å². The molecule has 0 radical (unpaired) electrons. The summed E-state index contributed by atoms with van der Waals surface area (Å²) in [5, 5.41) is 10.0. The quantitative estimate of drug-likeness (QED) is 0.442. The Labute approximate surface area is 196 Å². The highest BCUT2D eigenvalue weighted by Gasteiger charge is 2.39. The van der Waals surface area contributed by atoms with E-state index >= 15 is 0 Å². The first-order valence-corrected chi connectivity index (χ1v) is 11.6. The van der Waals surface area contributed by atoms with E-state index in [0.717, 1.165) is 33.9 Å². The van der Waals surface area contributed by atoms with Crippen molar-refractivity contribution in [3.63, 3.8) is 0 Å². The van der Waals surface area contributed by atoms with Crippen LogP contribution in [0, 0.1) is 11.8 Å². The number of hydrogen-bond donors (Lipinski definition) is 1. The van der Waals surface area contributed by atoms with Crippen LogP contribution in [0.15, 0.2) is 54.6 Å². The number of benzene rings is 2. The summed E-state index contributed by atoms with van der Waals surface area (Å²) in [6, 6.07) is 13.6. The van der Waals surface area contributed by atoms with Gasteiger partial charge in [0.1, 0.15) is 5.75 Å². The van der Waals surface area contributed by atoms with Gasteiger partial charge >= 0.3 is 5.97 Å². The molecule has 172 valence electrons. The molecule has 1 heterocycles. The number of rotatable bonds is 8. The molecule has 2 aromatic carbocycles. The molecule has 0 saturated carbocycles. The summed E-state index contributed by atoms with van der Waals surface area (Å²) in [6.07, 6.45) is 0.570. The third-order valence-electron chi connectivity index (χ3n) is 6.04. The van der Waals surface area contributed by atoms with E-state index in [2.05, 4.69) is 39.5 Å². The van der Waals surface area contributed by atoms with Gasteiger partial charge in [-0.2, -0.15) is 0 Å². The molecule has 32 heavy (non-hydrogen) atoms. The van der Waals surface area contributed by atoms with E-state index < -0.39 is 5.97 Å². The topological polar surface area (TPSA) is 55.8 Å². The summed E-state index contributed by atoms with van der Waals surface area (Å²) >= 11 is 6.09. The molecule has 0 amide bonds. The van der Waals surface area contributed by atoms with E-state index in [1.54, 1.807) is 0 Å². The largest absolute Gasteiger partial charge is 0.493 e. The number of halogens is 1. The highest BCUT2D eigenvalue weighted by molar-refractivity contribution is 6.30. The van der Waals surface area contributed by atoms with Crippen molar-refractivity contribution in [1.29, 1.82) is 0 Å². The van der Waals surface area contributed by atoms with Gasteiger partial charge in [0.2, 0.25) is 0 Å². The molecular weight excluding hydrogens is 424 g/mol. The fraction of sp³-hybridized carbons (Fsp3) is 0.444. The highest BCUT2D eigenvalue weighted by atomic mass is 35.5. The molecule has 0 aromatic heterocycles. The Bertz CT molecular complexity index is 951. The Morgan fingerprint density at radius 3 is 2.53 bits per heavy atom. The molecule has 0 unspecified atom stereocenters. The first-order chi connectivity index (χ1) is 15.2. The third-order valence-corrected chi connectivity index (χ3v) is 6.29. The molecule has 2 aromatic rings. The lowest BCUT2D eigenvalue weighted by Gasteiger charge is -2.42. The van der Waals surface area contributed by atoms with E-state index in [9.17, 15) is 9.90 Å². The van der Waals surface area contributed by atoms with Crippen LogP contribution in [0.1, 0.15) is 62.8 Å². The number of hydrogen-bond acceptors (Lipinski definition) is 3. The fourth-order valence-electron chi connectivity index (χ4n) is 4.37. The summed E-state index contributed by atoms with van der Waals surface area (Å²) in [6.45, 7) is 13.2. The molecule has 0 spiro atoms. The van der Waals surface area contributed by atoms with Crippen molar-refractivity contribution in [1.82, 2.24) is 0 Å². The minimum atomic E-state index is -0.857. The molecular formula is C27H33ClO4. The maximum atomic E-state index is 11.3. The van der Waals surface area contributed by atoms with Crippen LogP contribution in [0.2, 0.25) is 5.02 Å². The molecule has 1 saturated heterocycles. The van der Waals surface area contributed by atoms with Crippen molar-refractivity contribution in [2.45, 2.75) is 58.7 Å². The molecule has 1 fully saturated rings. The Morgan fingerprint density at radius 1 is 1.25 bits per heavy atom. The standard InChI is InChI=1S/C27H33ClO4/c1-16(2)15-31-25-11-6-19(13-26(29)30)12-24(25)27-22(17(3)4)14-23(18(5)32-27)20-7-9-21(28)10-8-20/h6-12,16,18,22-23,27H,3,13-15H2,1-2,4-5H3,(H,29,30)/t18-,22+,23+,27-/m0/s1. The van der Waals surface area contributed by atoms with Crippen LogP contribution >= 0.6 is 11.6 Å². The van der Waals surface area contributed by atoms with Crippen molar-refractivity contribution in [3.8, 4) is 5.75 Å². The molecule has 1 N–H and O–H groups in total. The number of ether oxygens (including phenoxy) is 2. The Morgan fingerprint density at radius 2 is 1.94 bits per heavy atom. The first kappa shape index (κ1) is 24.3. The minimum absolute atomic E-state index is 0.0298. The van der Waals surface area contributed by atoms with Crippen LogP contribution in [0.25, 0.3) is 0 Å². The van der Waals surface area contributed by atoms with E-state index in [-0.39, 0.29) is 30.5 Å². The summed E-state index contributed by atoms with van der Waals surface area (Å²) in [7, 11) is 0. The average molecular weight is 457 g/mol. The van der Waals surface area contributed by atoms with Crippen LogP contribution in [-0.2, 0) is 16.0 Å². The number of carboxylic acids is 1. The zero-order valence-corrected chi connectivity index (χ0v) is 20.1. The summed E-state index contributed by atoms with van der Waals surface area (Å²) < 4.78 is 12.8. The first-order valence-electron chi connectivity index (χ1n) is 11.2. The van der Waals surface area contributed by atoms with Gasteiger partial charge in [0.05, 0.1) is 25.2 Å². The Kier molecular flexibility index (Phi) is 8.02. The molecule has 0 aliphatic carbocycles. The molecule has 3 rings (SSSR count). The average Bonchev–Trinajstić information content (AvgIpc) is 2.72. The van der Waals surface area contributed by atoms with Gasteiger partial charge in [-0.25, -0.2) is 0 Å². The SMILES string of the molecule is C=C(C)[C@H]1C[C@@H](c2ccc(Cl)cc2)[C@H](C)O[C@@H]1c1cc(CC(=O)O)ccc1OCC(C)C. The maximum Gasteiger partial charge on any atom is 0.307 e. The van der Waals surface area contributed by atoms with Crippen molar-refractivity contribution < 1.29 is 19.4 Å². The van der Waals surface area contributed by atoms with Gasteiger partial charge in [-0.05, 0) is 61.6 Å². The Hall–Kier alpha value is -2.30. The number of aliphatic carboxylic acids is 1. The highest BCUT2D eigenvalue weighted by Crippen LogP contribution is 2.48. The monoisotopic (exact) mass is 456 g/mol. The Balaban J connectivity index is 1.97. The van der Waals surface area contributed by atoms with E-state index in [4.69, 9.17) is 21.1 Å². The lowest BCUT2D eigenvalue weighted by Crippen LogP contribution is -2.34. The van der Waals surface area contributed by atoms with Crippen molar-refractivity contribution in [3.05, 3.63) is 76.3 Å². The smallest absolute Gasteiger partial charge is 0.307 e. The zero-order valence-electron chi connectivity index (χ0n) is 19.3. The van der Waals surface area contributed by atoms with E-state index in [1.807, 2.05) is 37.3 Å². The van der Waals surface area contributed by atoms with Crippen molar-refractivity contribution in [2.24, 2.45) is 11.8 Å². The molecule has 0 bridgehead atoms. The van der Waals surface area contributed by atoms with Crippen molar-refractivity contribution in [2.75, 3.05) is 6.61 Å². The summed E-state index contributed by atoms with van der Waals surface area (Å²) in [5.41, 5.74) is 3.88. The molecule has 1 aliphatic rings. The van der Waals surface area contributed by atoms with Crippen LogP contribution in [0.3, 0.4) is 0 Å². The van der Waals surface area contributed by atoms with Crippen LogP contribution in [0.5, 0.6) is 5.75 Å². The van der Waals surface area contributed by atoms with E-state index in [0.29, 0.717) is 12.5 Å². The van der Waals surface area contributed by atoms with Gasteiger partial charge in [0, 0.05) is 22.4 Å². The molecule has 4 atom stereocenters. The third kappa shape index (κ3) is 5.93. The van der Waals surface area contributed by atoms with Gasteiger partial charge in [-0.1, -0.05) is 55.8 Å². The van der Waals surface area contributed by atoms with Gasteiger partial charge in [0.25, 0.3) is 0 Å². The van der Waals surface area contributed by atoms with Crippen LogP contribution in [-0.4, -0.2) is 23.8 Å². The maximum absolute atomic E-state index is 11.3. The molecule has 1 aliphatic heterocycles. The second kappa shape index (κ2) is 10.5.